The zero-order chi connectivity index (χ0) is 14.7. The lowest BCUT2D eigenvalue weighted by Gasteiger charge is -2.09. The molecule has 5 heteroatoms. The fourth-order valence-electron chi connectivity index (χ4n) is 1.92. The van der Waals surface area contributed by atoms with Crippen molar-refractivity contribution in [3.05, 3.63) is 42.5 Å². The lowest BCUT2D eigenvalue weighted by Crippen LogP contribution is -1.97. The summed E-state index contributed by atoms with van der Waals surface area (Å²) in [6, 6.07) is 13.3. The van der Waals surface area contributed by atoms with E-state index in [4.69, 9.17) is 15.2 Å². The number of aromatic nitrogens is 1. The summed E-state index contributed by atoms with van der Waals surface area (Å²) in [5, 5.41) is 0.586. The van der Waals surface area contributed by atoms with Crippen LogP contribution in [0.3, 0.4) is 0 Å². The molecule has 0 aliphatic carbocycles. The average Bonchev–Trinajstić information content (AvgIpc) is 2.87. The lowest BCUT2D eigenvalue weighted by atomic mass is 10.3. The minimum atomic E-state index is 0.586. The molecule has 2 aromatic carbocycles. The summed E-state index contributed by atoms with van der Waals surface area (Å²) >= 11 is 1.47. The van der Waals surface area contributed by atoms with Crippen molar-refractivity contribution < 1.29 is 9.47 Å². The Balaban J connectivity index is 1.87. The molecule has 2 N–H and O–H groups in total. The van der Waals surface area contributed by atoms with Crippen molar-refractivity contribution in [2.24, 2.45) is 0 Å². The quantitative estimate of drug-likeness (QED) is 0.707. The van der Waals surface area contributed by atoms with Crippen molar-refractivity contribution in [3.8, 4) is 16.7 Å². The minimum absolute atomic E-state index is 0.586. The first kappa shape index (κ1) is 13.7. The number of hydrogen-bond donors (Lipinski definition) is 1. The molecule has 0 fully saturated rings. The number of benzene rings is 2. The van der Waals surface area contributed by atoms with E-state index in [0.717, 1.165) is 28.1 Å². The molecule has 0 amide bonds. The molecule has 0 aliphatic heterocycles. The van der Waals surface area contributed by atoms with Crippen molar-refractivity contribution in [1.29, 1.82) is 0 Å². The number of nitrogen functional groups attached to an aromatic ring is 1. The summed E-state index contributed by atoms with van der Waals surface area (Å²) in [4.78, 5) is 4.46. The Hall–Kier alpha value is -2.27. The Morgan fingerprint density at radius 1 is 1.14 bits per heavy atom. The van der Waals surface area contributed by atoms with E-state index in [1.807, 2.05) is 42.5 Å². The van der Waals surface area contributed by atoms with Gasteiger partial charge in [0, 0.05) is 5.69 Å². The van der Waals surface area contributed by atoms with Gasteiger partial charge in [-0.05, 0) is 36.8 Å². The van der Waals surface area contributed by atoms with Gasteiger partial charge in [-0.25, -0.2) is 4.98 Å². The van der Waals surface area contributed by atoms with Gasteiger partial charge in [-0.2, -0.15) is 0 Å². The van der Waals surface area contributed by atoms with Crippen LogP contribution in [0.25, 0.3) is 10.2 Å². The summed E-state index contributed by atoms with van der Waals surface area (Å²) in [6.45, 7) is 2.73. The van der Waals surface area contributed by atoms with Crippen molar-refractivity contribution in [1.82, 2.24) is 4.98 Å². The van der Waals surface area contributed by atoms with E-state index in [0.29, 0.717) is 17.6 Å². The van der Waals surface area contributed by atoms with Gasteiger partial charge in [0.2, 0.25) is 0 Å². The van der Waals surface area contributed by atoms with Gasteiger partial charge >= 0.3 is 0 Å². The zero-order valence-corrected chi connectivity index (χ0v) is 12.5. The Kier molecular flexibility index (Phi) is 3.92. The Bertz CT molecular complexity index is 755. The van der Waals surface area contributed by atoms with Crippen LogP contribution in [0.2, 0.25) is 0 Å². The van der Waals surface area contributed by atoms with Gasteiger partial charge in [0.05, 0.1) is 16.8 Å². The smallest absolute Gasteiger partial charge is 0.279 e. The standard InChI is InChI=1S/C16H16N2O2S/c1-2-9-19-13-5-3-4-6-14(13)20-16-18-12-8-7-11(17)10-15(12)21-16/h3-8,10H,2,9,17H2,1H3. The molecule has 0 unspecified atom stereocenters. The predicted molar refractivity (Wildman–Crippen MR) is 86.3 cm³/mol. The molecule has 21 heavy (non-hydrogen) atoms. The highest BCUT2D eigenvalue weighted by Gasteiger charge is 2.10. The van der Waals surface area contributed by atoms with E-state index < -0.39 is 0 Å². The van der Waals surface area contributed by atoms with Crippen LogP contribution in [0.4, 0.5) is 5.69 Å². The topological polar surface area (TPSA) is 57.4 Å². The van der Waals surface area contributed by atoms with Crippen molar-refractivity contribution >= 4 is 27.2 Å². The maximum atomic E-state index is 5.87. The number of nitrogens with two attached hydrogens (primary N) is 1. The second kappa shape index (κ2) is 6.01. The summed E-state index contributed by atoms with van der Waals surface area (Å²) in [5.74, 6) is 1.41. The van der Waals surface area contributed by atoms with Gasteiger partial charge in [-0.1, -0.05) is 30.4 Å². The normalized spacial score (nSPS) is 10.7. The van der Waals surface area contributed by atoms with Gasteiger partial charge in [-0.15, -0.1) is 0 Å². The van der Waals surface area contributed by atoms with Gasteiger partial charge in [-0.3, -0.25) is 0 Å². The van der Waals surface area contributed by atoms with E-state index in [-0.39, 0.29) is 0 Å². The Morgan fingerprint density at radius 2 is 1.95 bits per heavy atom. The maximum absolute atomic E-state index is 5.87. The van der Waals surface area contributed by atoms with E-state index in [1.165, 1.54) is 11.3 Å². The van der Waals surface area contributed by atoms with E-state index in [1.54, 1.807) is 0 Å². The van der Waals surface area contributed by atoms with Crippen LogP contribution < -0.4 is 15.2 Å². The number of ether oxygens (including phenoxy) is 2. The number of nitrogens with zero attached hydrogens (tertiary/aromatic N) is 1. The summed E-state index contributed by atoms with van der Waals surface area (Å²) in [5.41, 5.74) is 7.39. The average molecular weight is 300 g/mol. The molecule has 0 radical (unpaired) electrons. The minimum Gasteiger partial charge on any atom is -0.490 e. The van der Waals surface area contributed by atoms with Crippen LogP contribution in [-0.4, -0.2) is 11.6 Å². The molecule has 108 valence electrons. The van der Waals surface area contributed by atoms with Crippen LogP contribution in [0.5, 0.6) is 16.7 Å². The summed E-state index contributed by atoms with van der Waals surface area (Å²) in [6.07, 6.45) is 0.953. The Labute approximate surface area is 127 Å². The zero-order valence-electron chi connectivity index (χ0n) is 11.7. The van der Waals surface area contributed by atoms with Gasteiger partial charge in [0.15, 0.2) is 11.5 Å². The molecule has 0 bridgehead atoms. The third-order valence-electron chi connectivity index (χ3n) is 2.90. The molecule has 0 saturated carbocycles. The third kappa shape index (κ3) is 3.08. The van der Waals surface area contributed by atoms with Crippen molar-refractivity contribution in [3.63, 3.8) is 0 Å². The molecule has 0 atom stereocenters. The summed E-state index contributed by atoms with van der Waals surface area (Å²) in [7, 11) is 0. The first-order chi connectivity index (χ1) is 10.3. The van der Waals surface area contributed by atoms with Crippen LogP contribution in [0, 0.1) is 0 Å². The molecular formula is C16H16N2O2S. The molecule has 0 aliphatic rings. The number of para-hydroxylation sites is 2. The highest BCUT2D eigenvalue weighted by atomic mass is 32.1. The number of rotatable bonds is 5. The monoisotopic (exact) mass is 300 g/mol. The SMILES string of the molecule is CCCOc1ccccc1Oc1nc2ccc(N)cc2s1. The van der Waals surface area contributed by atoms with E-state index in [9.17, 15) is 0 Å². The largest absolute Gasteiger partial charge is 0.490 e. The first-order valence-corrected chi connectivity index (χ1v) is 7.63. The predicted octanol–water partition coefficient (Wildman–Crippen LogP) is 4.46. The molecule has 4 nitrogen and oxygen atoms in total. The van der Waals surface area contributed by atoms with Gasteiger partial charge in [0.25, 0.3) is 5.19 Å². The van der Waals surface area contributed by atoms with E-state index >= 15 is 0 Å². The highest BCUT2D eigenvalue weighted by Crippen LogP contribution is 2.36. The molecule has 1 heterocycles. The molecule has 0 saturated heterocycles. The van der Waals surface area contributed by atoms with Crippen LogP contribution in [0.15, 0.2) is 42.5 Å². The highest BCUT2D eigenvalue weighted by molar-refractivity contribution is 7.20. The maximum Gasteiger partial charge on any atom is 0.279 e. The fourth-order valence-corrected chi connectivity index (χ4v) is 2.80. The number of fused-ring (bicyclic) bond motifs is 1. The van der Waals surface area contributed by atoms with Crippen LogP contribution >= 0.6 is 11.3 Å². The summed E-state index contributed by atoms with van der Waals surface area (Å²) < 4.78 is 12.6. The fraction of sp³-hybridized carbons (Fsp3) is 0.188. The van der Waals surface area contributed by atoms with Gasteiger partial charge in [0.1, 0.15) is 0 Å². The second-order valence-corrected chi connectivity index (χ2v) is 5.60. The molecule has 3 rings (SSSR count). The molecule has 1 aromatic heterocycles. The van der Waals surface area contributed by atoms with Gasteiger partial charge < -0.3 is 15.2 Å². The van der Waals surface area contributed by atoms with E-state index in [2.05, 4.69) is 11.9 Å². The lowest BCUT2D eigenvalue weighted by molar-refractivity contribution is 0.302. The molecule has 3 aromatic rings. The number of anilines is 1. The van der Waals surface area contributed by atoms with Crippen LogP contribution in [-0.2, 0) is 0 Å². The number of thiazole rings is 1. The Morgan fingerprint density at radius 3 is 2.76 bits per heavy atom. The first-order valence-electron chi connectivity index (χ1n) is 6.82. The number of hydrogen-bond acceptors (Lipinski definition) is 5. The molecule has 0 spiro atoms. The van der Waals surface area contributed by atoms with Crippen LogP contribution in [0.1, 0.15) is 13.3 Å². The van der Waals surface area contributed by atoms with Crippen molar-refractivity contribution in [2.75, 3.05) is 12.3 Å². The second-order valence-electron chi connectivity index (χ2n) is 4.60. The van der Waals surface area contributed by atoms with Crippen molar-refractivity contribution in [2.45, 2.75) is 13.3 Å². The molecular weight excluding hydrogens is 284 g/mol. The third-order valence-corrected chi connectivity index (χ3v) is 3.80.